The number of nitrogens with zero attached hydrogens (tertiary/aromatic N) is 2. The van der Waals surface area contributed by atoms with Gasteiger partial charge in [-0.05, 0) is 13.2 Å². The van der Waals surface area contributed by atoms with Gasteiger partial charge in [-0.15, -0.1) is 23.1 Å². The van der Waals surface area contributed by atoms with Gasteiger partial charge in [-0.2, -0.15) is 4.98 Å². The summed E-state index contributed by atoms with van der Waals surface area (Å²) in [6.07, 6.45) is 1.88. The zero-order chi connectivity index (χ0) is 14.0. The van der Waals surface area contributed by atoms with E-state index in [1.54, 1.807) is 6.92 Å². The van der Waals surface area contributed by atoms with E-state index in [1.165, 1.54) is 23.1 Å². The molecule has 2 aromatic heterocycles. The average Bonchev–Trinajstić information content (AvgIpc) is 2.90. The van der Waals surface area contributed by atoms with Gasteiger partial charge < -0.3 is 21.3 Å². The summed E-state index contributed by atoms with van der Waals surface area (Å²) in [7, 11) is 0. The molecule has 2 aromatic rings. The van der Waals surface area contributed by atoms with E-state index in [2.05, 4.69) is 15.5 Å². The first kappa shape index (κ1) is 13.7. The van der Waals surface area contributed by atoms with Gasteiger partial charge >= 0.3 is 0 Å². The predicted octanol–water partition coefficient (Wildman–Crippen LogP) is 1.45. The van der Waals surface area contributed by atoms with Crippen LogP contribution < -0.4 is 16.8 Å². The summed E-state index contributed by atoms with van der Waals surface area (Å²) in [6.45, 7) is 2.11. The lowest BCUT2D eigenvalue weighted by atomic mass is 10.4. The van der Waals surface area contributed by atoms with E-state index in [0.29, 0.717) is 28.8 Å². The van der Waals surface area contributed by atoms with E-state index in [1.807, 2.05) is 6.26 Å². The minimum Gasteiger partial charge on any atom is -0.396 e. The molecule has 0 spiro atoms. The van der Waals surface area contributed by atoms with Crippen LogP contribution in [0.25, 0.3) is 0 Å². The van der Waals surface area contributed by atoms with Crippen molar-refractivity contribution >= 4 is 39.7 Å². The molecule has 0 aromatic carbocycles. The monoisotopic (exact) mass is 299 g/mol. The summed E-state index contributed by atoms with van der Waals surface area (Å²) >= 11 is 2.67. The minimum absolute atomic E-state index is 0.355. The van der Waals surface area contributed by atoms with Crippen molar-refractivity contribution in [1.29, 1.82) is 0 Å². The molecule has 0 saturated heterocycles. The maximum Gasteiger partial charge on any atom is 0.261 e. The number of rotatable bonds is 5. The number of hydrogen-bond donors (Lipinski definition) is 3. The summed E-state index contributed by atoms with van der Waals surface area (Å²) in [5.74, 6) is 0.516. The fourth-order valence-corrected chi connectivity index (χ4v) is 3.38. The van der Waals surface area contributed by atoms with E-state index in [4.69, 9.17) is 16.0 Å². The fraction of sp³-hybridized carbons (Fsp3) is 0.300. The van der Waals surface area contributed by atoms with Gasteiger partial charge in [0.1, 0.15) is 9.88 Å². The fourth-order valence-electron chi connectivity index (χ4n) is 1.50. The molecule has 0 radical (unpaired) electrons. The Balaban J connectivity index is 2.20. The highest BCUT2D eigenvalue weighted by Gasteiger charge is 2.19. The number of aromatic nitrogens is 2. The first-order chi connectivity index (χ1) is 9.02. The van der Waals surface area contributed by atoms with E-state index in [-0.39, 0.29) is 0 Å². The van der Waals surface area contributed by atoms with Gasteiger partial charge in [0.2, 0.25) is 5.89 Å². The van der Waals surface area contributed by atoms with Crippen molar-refractivity contribution in [3.63, 3.8) is 0 Å². The van der Waals surface area contributed by atoms with Crippen LogP contribution in [0.4, 0.5) is 10.7 Å². The number of aryl methyl sites for hydroxylation is 1. The quantitative estimate of drug-likeness (QED) is 0.715. The molecular weight excluding hydrogens is 286 g/mol. The Morgan fingerprint density at radius 3 is 2.84 bits per heavy atom. The molecule has 0 unspecified atom stereocenters. The predicted molar refractivity (Wildman–Crippen MR) is 75.4 cm³/mol. The van der Waals surface area contributed by atoms with Gasteiger partial charge in [-0.3, -0.25) is 4.79 Å². The number of nitrogen functional groups attached to an aromatic ring is 1. The maximum absolute atomic E-state index is 11.3. The molecule has 0 saturated carbocycles. The van der Waals surface area contributed by atoms with Crippen LogP contribution in [-0.2, 0) is 6.54 Å². The van der Waals surface area contributed by atoms with Crippen LogP contribution in [0.15, 0.2) is 9.42 Å². The number of carbonyl (C=O) groups is 1. The summed E-state index contributed by atoms with van der Waals surface area (Å²) < 4.78 is 5.00. The van der Waals surface area contributed by atoms with Crippen LogP contribution in [0.2, 0.25) is 0 Å². The molecule has 2 rings (SSSR count). The van der Waals surface area contributed by atoms with Gasteiger partial charge in [-0.25, -0.2) is 0 Å². The molecule has 0 aliphatic carbocycles. The topological polar surface area (TPSA) is 120 Å². The third kappa shape index (κ3) is 2.82. The van der Waals surface area contributed by atoms with Crippen molar-refractivity contribution in [2.24, 2.45) is 5.73 Å². The molecule has 0 aliphatic rings. The molecule has 7 nitrogen and oxygen atoms in total. The van der Waals surface area contributed by atoms with Gasteiger partial charge in [-0.1, -0.05) is 5.16 Å². The highest BCUT2D eigenvalue weighted by Crippen LogP contribution is 2.41. The number of carbonyl (C=O) groups excluding carboxylic acids is 1. The zero-order valence-corrected chi connectivity index (χ0v) is 12.0. The van der Waals surface area contributed by atoms with Crippen LogP contribution >= 0.6 is 23.1 Å². The summed E-state index contributed by atoms with van der Waals surface area (Å²) in [5, 5.41) is 7.59. The van der Waals surface area contributed by atoms with E-state index < -0.39 is 5.91 Å². The zero-order valence-electron chi connectivity index (χ0n) is 10.4. The smallest absolute Gasteiger partial charge is 0.261 e. The Kier molecular flexibility index (Phi) is 3.96. The van der Waals surface area contributed by atoms with Gasteiger partial charge in [0.25, 0.3) is 5.91 Å². The first-order valence-electron chi connectivity index (χ1n) is 5.32. The highest BCUT2D eigenvalue weighted by molar-refractivity contribution is 7.99. The van der Waals surface area contributed by atoms with E-state index >= 15 is 0 Å². The molecule has 1 amide bonds. The summed E-state index contributed by atoms with van der Waals surface area (Å²) in [5.41, 5.74) is 11.6. The van der Waals surface area contributed by atoms with Crippen LogP contribution in [0.3, 0.4) is 0 Å². The van der Waals surface area contributed by atoms with Gasteiger partial charge in [0, 0.05) is 0 Å². The molecule has 0 aliphatic heterocycles. The number of thiophene rings is 1. The van der Waals surface area contributed by atoms with Crippen molar-refractivity contribution in [1.82, 2.24) is 10.1 Å². The summed E-state index contributed by atoms with van der Waals surface area (Å²) in [4.78, 5) is 16.5. The highest BCUT2D eigenvalue weighted by atomic mass is 32.2. The standard InChI is InChI=1S/C10H13N5O2S2/c1-4-14-5(17-15-4)3-13-10-8(18-2)6(11)7(19-10)9(12)16/h13H,3,11H2,1-2H3,(H2,12,16). The Morgan fingerprint density at radius 1 is 1.58 bits per heavy atom. The second-order valence-corrected chi connectivity index (χ2v) is 5.50. The van der Waals surface area contributed by atoms with Crippen LogP contribution in [0, 0.1) is 6.92 Å². The minimum atomic E-state index is -0.528. The van der Waals surface area contributed by atoms with Crippen molar-refractivity contribution in [3.8, 4) is 0 Å². The molecule has 0 atom stereocenters. The number of nitrogens with one attached hydrogen (secondary N) is 1. The number of primary amides is 1. The van der Waals surface area contributed by atoms with Crippen molar-refractivity contribution in [2.45, 2.75) is 18.4 Å². The Morgan fingerprint density at radius 2 is 2.32 bits per heavy atom. The Hall–Kier alpha value is -1.74. The largest absolute Gasteiger partial charge is 0.396 e. The number of hydrogen-bond acceptors (Lipinski definition) is 8. The van der Waals surface area contributed by atoms with Crippen molar-refractivity contribution in [2.75, 3.05) is 17.3 Å². The van der Waals surface area contributed by atoms with Gasteiger partial charge in [0.15, 0.2) is 5.82 Å². The number of thioether (sulfide) groups is 1. The molecule has 0 fully saturated rings. The average molecular weight is 299 g/mol. The molecular formula is C10H13N5O2S2. The maximum atomic E-state index is 11.3. The third-order valence-electron chi connectivity index (χ3n) is 2.30. The van der Waals surface area contributed by atoms with Crippen molar-refractivity contribution < 1.29 is 9.32 Å². The van der Waals surface area contributed by atoms with Crippen molar-refractivity contribution in [3.05, 3.63) is 16.6 Å². The number of amides is 1. The third-order valence-corrected chi connectivity index (χ3v) is 4.44. The molecule has 2 heterocycles. The normalized spacial score (nSPS) is 10.6. The van der Waals surface area contributed by atoms with Crippen LogP contribution in [-0.4, -0.2) is 22.3 Å². The molecule has 0 bridgehead atoms. The molecule has 102 valence electrons. The number of nitrogens with two attached hydrogens (primary N) is 2. The van der Waals surface area contributed by atoms with E-state index in [9.17, 15) is 4.79 Å². The SMILES string of the molecule is CSc1c(NCc2nc(C)no2)sc(C(N)=O)c1N. The second-order valence-electron chi connectivity index (χ2n) is 3.66. The lowest BCUT2D eigenvalue weighted by molar-refractivity contribution is 0.100. The number of anilines is 2. The van der Waals surface area contributed by atoms with Crippen LogP contribution in [0.1, 0.15) is 21.4 Å². The second kappa shape index (κ2) is 5.49. The molecule has 19 heavy (non-hydrogen) atoms. The lowest BCUT2D eigenvalue weighted by Gasteiger charge is -2.02. The van der Waals surface area contributed by atoms with E-state index in [0.717, 1.165) is 9.90 Å². The lowest BCUT2D eigenvalue weighted by Crippen LogP contribution is -2.10. The Labute approximate surface area is 117 Å². The molecule has 9 heteroatoms. The summed E-state index contributed by atoms with van der Waals surface area (Å²) in [6, 6.07) is 0. The van der Waals surface area contributed by atoms with Crippen LogP contribution in [0.5, 0.6) is 0 Å². The molecule has 5 N–H and O–H groups in total. The Bertz CT molecular complexity index is 607. The van der Waals surface area contributed by atoms with Gasteiger partial charge in [0.05, 0.1) is 17.1 Å². The first-order valence-corrected chi connectivity index (χ1v) is 7.36.